The van der Waals surface area contributed by atoms with Crippen molar-refractivity contribution >= 4 is 11.6 Å². The highest BCUT2D eigenvalue weighted by Gasteiger charge is 2.73. The molecule has 0 bridgehead atoms. The summed E-state index contributed by atoms with van der Waals surface area (Å²) in [4.78, 5) is 12.4. The Kier molecular flexibility index (Phi) is 6.16. The first-order chi connectivity index (χ1) is 13.8. The van der Waals surface area contributed by atoms with Gasteiger partial charge in [0.15, 0.2) is 0 Å². The molecule has 2 aromatic rings. The fourth-order valence-electron chi connectivity index (χ4n) is 2.89. The molecule has 3 nitrogen and oxygen atoms in total. The molecule has 1 N–H and O–H groups in total. The molecule has 0 aliphatic rings. The van der Waals surface area contributed by atoms with E-state index in [4.69, 9.17) is 5.26 Å². The van der Waals surface area contributed by atoms with Gasteiger partial charge in [-0.25, -0.2) is 4.39 Å². The van der Waals surface area contributed by atoms with Gasteiger partial charge in [0.2, 0.25) is 0 Å². The first kappa shape index (κ1) is 23.2. The van der Waals surface area contributed by atoms with E-state index in [2.05, 4.69) is 5.32 Å². The standard InChI is InChI=1S/C20H15F7N2O/c1-3-13-9-15(18(21,19(22,23)24)20(25,26)27)8-11(2)16(13)29-17(30)14-6-4-12(10-28)5-7-14/h4-9H,3H2,1-2H3,(H,29,30). The van der Waals surface area contributed by atoms with Gasteiger partial charge in [0, 0.05) is 16.8 Å². The van der Waals surface area contributed by atoms with Gasteiger partial charge in [0.05, 0.1) is 11.6 Å². The number of hydrogen-bond donors (Lipinski definition) is 1. The topological polar surface area (TPSA) is 52.9 Å². The van der Waals surface area contributed by atoms with Crippen LogP contribution >= 0.6 is 0 Å². The highest BCUT2D eigenvalue weighted by molar-refractivity contribution is 6.05. The molecule has 30 heavy (non-hydrogen) atoms. The van der Waals surface area contributed by atoms with Crippen LogP contribution in [0.3, 0.4) is 0 Å². The van der Waals surface area contributed by atoms with Crippen LogP contribution in [0.2, 0.25) is 0 Å². The van der Waals surface area contributed by atoms with Crippen LogP contribution in [0.1, 0.15) is 39.5 Å². The number of benzene rings is 2. The van der Waals surface area contributed by atoms with E-state index in [0.29, 0.717) is 17.7 Å². The van der Waals surface area contributed by atoms with Gasteiger partial charge in [0.1, 0.15) is 0 Å². The van der Waals surface area contributed by atoms with Crippen LogP contribution in [0.25, 0.3) is 0 Å². The second kappa shape index (κ2) is 7.97. The third kappa shape index (κ3) is 4.10. The maximum Gasteiger partial charge on any atom is 0.435 e. The summed E-state index contributed by atoms with van der Waals surface area (Å²) in [5.74, 6) is -0.691. The zero-order valence-corrected chi connectivity index (χ0v) is 15.7. The van der Waals surface area contributed by atoms with Crippen molar-refractivity contribution in [2.45, 2.75) is 38.3 Å². The lowest BCUT2D eigenvalue weighted by atomic mass is 9.89. The lowest BCUT2D eigenvalue weighted by molar-refractivity contribution is -0.348. The first-order valence-electron chi connectivity index (χ1n) is 8.54. The molecule has 0 aliphatic heterocycles. The van der Waals surface area contributed by atoms with E-state index >= 15 is 0 Å². The number of hydrogen-bond acceptors (Lipinski definition) is 2. The molecular weight excluding hydrogens is 417 g/mol. The Hall–Kier alpha value is -3.09. The summed E-state index contributed by atoms with van der Waals surface area (Å²) in [5.41, 5.74) is -7.02. The molecule has 2 aromatic carbocycles. The predicted molar refractivity (Wildman–Crippen MR) is 94.6 cm³/mol. The molecule has 0 saturated heterocycles. The number of anilines is 1. The van der Waals surface area contributed by atoms with Crippen molar-refractivity contribution in [2.24, 2.45) is 0 Å². The van der Waals surface area contributed by atoms with E-state index in [9.17, 15) is 35.5 Å². The minimum Gasteiger partial charge on any atom is -0.321 e. The van der Waals surface area contributed by atoms with Crippen molar-refractivity contribution in [3.8, 4) is 6.07 Å². The van der Waals surface area contributed by atoms with E-state index in [0.717, 1.165) is 0 Å². The molecule has 10 heteroatoms. The van der Waals surface area contributed by atoms with Crippen molar-refractivity contribution in [3.05, 3.63) is 64.2 Å². The van der Waals surface area contributed by atoms with Gasteiger partial charge in [-0.05, 0) is 54.8 Å². The fourth-order valence-corrected chi connectivity index (χ4v) is 2.89. The molecule has 0 unspecified atom stereocenters. The van der Waals surface area contributed by atoms with Crippen molar-refractivity contribution < 1.29 is 35.5 Å². The summed E-state index contributed by atoms with van der Waals surface area (Å²) < 4.78 is 92.8. The average Bonchev–Trinajstić information content (AvgIpc) is 2.66. The van der Waals surface area contributed by atoms with Crippen molar-refractivity contribution in [1.29, 1.82) is 5.26 Å². The van der Waals surface area contributed by atoms with Gasteiger partial charge in [-0.15, -0.1) is 0 Å². The number of amides is 1. The average molecular weight is 432 g/mol. The minimum atomic E-state index is -6.23. The molecule has 0 heterocycles. The largest absolute Gasteiger partial charge is 0.435 e. The van der Waals surface area contributed by atoms with Crippen molar-refractivity contribution in [3.63, 3.8) is 0 Å². The SMILES string of the molecule is CCc1cc(C(F)(C(F)(F)F)C(F)(F)F)cc(C)c1NC(=O)c1ccc(C#N)cc1. The van der Waals surface area contributed by atoms with E-state index in [-0.39, 0.29) is 28.8 Å². The smallest absolute Gasteiger partial charge is 0.321 e. The second-order valence-corrected chi connectivity index (χ2v) is 6.48. The van der Waals surface area contributed by atoms with E-state index in [1.165, 1.54) is 38.1 Å². The second-order valence-electron chi connectivity index (χ2n) is 6.48. The third-order valence-corrected chi connectivity index (χ3v) is 4.49. The van der Waals surface area contributed by atoms with Crippen LogP contribution in [0, 0.1) is 18.3 Å². The molecular formula is C20H15F7N2O. The summed E-state index contributed by atoms with van der Waals surface area (Å²) in [6.07, 6.45) is -12.5. The number of alkyl halides is 7. The number of rotatable bonds is 4. The molecule has 160 valence electrons. The molecule has 0 radical (unpaired) electrons. The first-order valence-corrected chi connectivity index (χ1v) is 8.54. The summed E-state index contributed by atoms with van der Waals surface area (Å²) in [6, 6.07) is 8.16. The van der Waals surface area contributed by atoms with Crippen LogP contribution in [-0.4, -0.2) is 18.3 Å². The van der Waals surface area contributed by atoms with E-state index < -0.39 is 29.5 Å². The van der Waals surface area contributed by atoms with E-state index in [1.54, 1.807) is 0 Å². The normalized spacial score (nSPS) is 12.4. The van der Waals surface area contributed by atoms with Gasteiger partial charge in [-0.1, -0.05) is 13.0 Å². The van der Waals surface area contributed by atoms with Crippen LogP contribution in [-0.2, 0) is 12.1 Å². The quantitative estimate of drug-likeness (QED) is 0.605. The van der Waals surface area contributed by atoms with Gasteiger partial charge >= 0.3 is 18.0 Å². The zero-order chi connectivity index (χ0) is 22.9. The molecule has 0 fully saturated rings. The number of nitrogens with zero attached hydrogens (tertiary/aromatic N) is 1. The minimum absolute atomic E-state index is 0.0118. The molecule has 0 atom stereocenters. The molecule has 0 saturated carbocycles. The number of nitriles is 1. The number of aryl methyl sites for hydroxylation is 2. The van der Waals surface area contributed by atoms with Crippen LogP contribution in [0.4, 0.5) is 36.4 Å². The third-order valence-electron chi connectivity index (χ3n) is 4.49. The van der Waals surface area contributed by atoms with Crippen molar-refractivity contribution in [1.82, 2.24) is 0 Å². The van der Waals surface area contributed by atoms with Crippen LogP contribution in [0.5, 0.6) is 0 Å². The number of nitrogens with one attached hydrogen (secondary N) is 1. The Labute approximate surface area is 167 Å². The summed E-state index contributed by atoms with van der Waals surface area (Å²) in [5, 5.41) is 11.2. The Bertz CT molecular complexity index is 972. The predicted octanol–water partition coefficient (Wildman–Crippen LogP) is 5.97. The lowest BCUT2D eigenvalue weighted by Gasteiger charge is -2.31. The molecule has 0 spiro atoms. The molecule has 0 aromatic heterocycles. The maximum absolute atomic E-state index is 14.4. The summed E-state index contributed by atoms with van der Waals surface area (Å²) in [6.45, 7) is 2.61. The monoisotopic (exact) mass is 432 g/mol. The lowest BCUT2D eigenvalue weighted by Crippen LogP contribution is -2.50. The number of carbonyl (C=O) groups excluding carboxylic acids is 1. The fraction of sp³-hybridized carbons (Fsp3) is 0.300. The molecule has 0 aliphatic carbocycles. The number of halogens is 7. The van der Waals surface area contributed by atoms with Gasteiger partial charge in [0.25, 0.3) is 5.91 Å². The number of carbonyl (C=O) groups is 1. The van der Waals surface area contributed by atoms with Gasteiger partial charge in [-0.2, -0.15) is 31.6 Å². The Morgan fingerprint density at radius 1 is 1.00 bits per heavy atom. The highest BCUT2D eigenvalue weighted by Crippen LogP contribution is 2.53. The van der Waals surface area contributed by atoms with Crippen molar-refractivity contribution in [2.75, 3.05) is 5.32 Å². The zero-order valence-electron chi connectivity index (χ0n) is 15.7. The summed E-state index contributed by atoms with van der Waals surface area (Å²) >= 11 is 0. The molecule has 2 rings (SSSR count). The van der Waals surface area contributed by atoms with Gasteiger partial charge in [-0.3, -0.25) is 4.79 Å². The van der Waals surface area contributed by atoms with Crippen LogP contribution < -0.4 is 5.32 Å². The Morgan fingerprint density at radius 2 is 1.53 bits per heavy atom. The Balaban J connectivity index is 2.52. The Morgan fingerprint density at radius 3 is 1.97 bits per heavy atom. The van der Waals surface area contributed by atoms with Gasteiger partial charge < -0.3 is 5.32 Å². The maximum atomic E-state index is 14.4. The van der Waals surface area contributed by atoms with E-state index in [1.807, 2.05) is 6.07 Å². The summed E-state index contributed by atoms with van der Waals surface area (Å²) in [7, 11) is 0. The molecule has 1 amide bonds. The highest BCUT2D eigenvalue weighted by atomic mass is 19.4. The van der Waals surface area contributed by atoms with Crippen LogP contribution in [0.15, 0.2) is 36.4 Å².